The molecule has 8 heteroatoms. The van der Waals surface area contributed by atoms with E-state index in [0.29, 0.717) is 0 Å². The van der Waals surface area contributed by atoms with E-state index in [2.05, 4.69) is 4.98 Å². The molecule has 0 atom stereocenters. The third kappa shape index (κ3) is 2.78. The van der Waals surface area contributed by atoms with Crippen molar-refractivity contribution in [2.45, 2.75) is 0 Å². The molecule has 7 nitrogen and oxygen atoms in total. The third-order valence-electron chi connectivity index (χ3n) is 2.82. The number of hydrogen-bond acceptors (Lipinski definition) is 5. The zero-order valence-corrected chi connectivity index (χ0v) is 10.9. The molecule has 0 radical (unpaired) electrons. The molecule has 21 heavy (non-hydrogen) atoms. The fourth-order valence-electron chi connectivity index (χ4n) is 1.79. The Hall–Kier alpha value is -3.03. The topological polar surface area (TPSA) is 96.6 Å². The molecule has 1 heterocycles. The van der Waals surface area contributed by atoms with Crippen LogP contribution in [0.2, 0.25) is 0 Å². The quantitative estimate of drug-likeness (QED) is 0.687. The summed E-state index contributed by atoms with van der Waals surface area (Å²) in [6, 6.07) is 6.60. The fraction of sp³-hybridized carbons (Fsp3) is 0.0769. The maximum absolute atomic E-state index is 13.7. The van der Waals surface area contributed by atoms with Crippen molar-refractivity contribution in [1.29, 1.82) is 0 Å². The van der Waals surface area contributed by atoms with Crippen molar-refractivity contribution >= 4 is 23.2 Å². The number of para-hydroxylation sites is 1. The summed E-state index contributed by atoms with van der Waals surface area (Å²) < 4.78 is 13.7. The lowest BCUT2D eigenvalue weighted by Crippen LogP contribution is -2.15. The summed E-state index contributed by atoms with van der Waals surface area (Å²) in [6.07, 6.45) is 0.988. The number of pyridine rings is 1. The average molecular weight is 291 g/mol. The lowest BCUT2D eigenvalue weighted by molar-refractivity contribution is -0.384. The van der Waals surface area contributed by atoms with Gasteiger partial charge in [-0.05, 0) is 12.1 Å². The first-order chi connectivity index (χ1) is 9.91. The molecule has 108 valence electrons. The lowest BCUT2D eigenvalue weighted by atomic mass is 10.2. The van der Waals surface area contributed by atoms with Crippen LogP contribution in [-0.4, -0.2) is 28.0 Å². The number of nitro groups is 1. The molecule has 0 spiro atoms. The van der Waals surface area contributed by atoms with Crippen molar-refractivity contribution in [1.82, 2.24) is 4.98 Å². The number of carbonyl (C=O) groups is 1. The smallest absolute Gasteiger partial charge is 0.337 e. The van der Waals surface area contributed by atoms with Crippen molar-refractivity contribution < 1.29 is 19.2 Å². The predicted octanol–water partition coefficient (Wildman–Crippen LogP) is 2.60. The number of carboxylic acids is 1. The van der Waals surface area contributed by atoms with E-state index in [-0.39, 0.29) is 17.1 Å². The van der Waals surface area contributed by atoms with Gasteiger partial charge in [0.25, 0.3) is 0 Å². The Morgan fingerprint density at radius 1 is 1.43 bits per heavy atom. The van der Waals surface area contributed by atoms with Crippen LogP contribution in [0.15, 0.2) is 36.5 Å². The Morgan fingerprint density at radius 3 is 2.67 bits per heavy atom. The van der Waals surface area contributed by atoms with Crippen LogP contribution >= 0.6 is 0 Å². The van der Waals surface area contributed by atoms with E-state index >= 15 is 0 Å². The SMILES string of the molecule is CN(c1ccccc1F)c1ncc(C(=O)O)cc1[N+](=O)[O-]. The fourth-order valence-corrected chi connectivity index (χ4v) is 1.79. The van der Waals surface area contributed by atoms with Gasteiger partial charge in [0, 0.05) is 19.3 Å². The van der Waals surface area contributed by atoms with Gasteiger partial charge in [0.05, 0.1) is 16.2 Å². The van der Waals surface area contributed by atoms with Crippen LogP contribution in [0, 0.1) is 15.9 Å². The molecule has 2 rings (SSSR count). The number of carboxylic acid groups (broad SMARTS) is 1. The first-order valence-corrected chi connectivity index (χ1v) is 5.78. The summed E-state index contributed by atoms with van der Waals surface area (Å²) in [6.45, 7) is 0. The maximum atomic E-state index is 13.7. The summed E-state index contributed by atoms with van der Waals surface area (Å²) in [7, 11) is 1.41. The number of benzene rings is 1. The van der Waals surface area contributed by atoms with E-state index in [9.17, 15) is 19.3 Å². The van der Waals surface area contributed by atoms with Gasteiger partial charge in [0.1, 0.15) is 5.82 Å². The Kier molecular flexibility index (Phi) is 3.79. The van der Waals surface area contributed by atoms with Crippen molar-refractivity contribution in [3.63, 3.8) is 0 Å². The Bertz CT molecular complexity index is 720. The molecule has 0 aliphatic rings. The Labute approximate surface area is 118 Å². The van der Waals surface area contributed by atoms with Crippen LogP contribution < -0.4 is 4.90 Å². The molecular formula is C13H10FN3O4. The molecule has 0 aliphatic heterocycles. The predicted molar refractivity (Wildman–Crippen MR) is 72.3 cm³/mol. The second kappa shape index (κ2) is 5.53. The lowest BCUT2D eigenvalue weighted by Gasteiger charge is -2.18. The number of nitrogens with zero attached hydrogens (tertiary/aromatic N) is 3. The molecular weight excluding hydrogens is 281 g/mol. The van der Waals surface area contributed by atoms with E-state index in [0.717, 1.165) is 12.3 Å². The minimum absolute atomic E-state index is 0.0937. The minimum atomic E-state index is -1.33. The van der Waals surface area contributed by atoms with E-state index in [1.54, 1.807) is 6.07 Å². The largest absolute Gasteiger partial charge is 0.478 e. The summed E-state index contributed by atoms with van der Waals surface area (Å²) >= 11 is 0. The molecule has 0 saturated heterocycles. The molecule has 0 fully saturated rings. The van der Waals surface area contributed by atoms with Gasteiger partial charge in [0.2, 0.25) is 5.82 Å². The Balaban J connectivity index is 2.55. The summed E-state index contributed by atoms with van der Waals surface area (Å²) in [5.74, 6) is -2.04. The Morgan fingerprint density at radius 2 is 2.10 bits per heavy atom. The molecule has 0 amide bonds. The normalized spacial score (nSPS) is 10.2. The van der Waals surface area contributed by atoms with Gasteiger partial charge in [-0.15, -0.1) is 0 Å². The number of rotatable bonds is 4. The summed E-state index contributed by atoms with van der Waals surface area (Å²) in [5.41, 5.74) is -0.732. The van der Waals surface area contributed by atoms with Crippen LogP contribution in [-0.2, 0) is 0 Å². The highest BCUT2D eigenvalue weighted by Gasteiger charge is 2.23. The highest BCUT2D eigenvalue weighted by atomic mass is 19.1. The van der Waals surface area contributed by atoms with Crippen LogP contribution in [0.1, 0.15) is 10.4 Å². The van der Waals surface area contributed by atoms with Crippen LogP contribution in [0.3, 0.4) is 0 Å². The van der Waals surface area contributed by atoms with Gasteiger partial charge in [-0.2, -0.15) is 0 Å². The van der Waals surface area contributed by atoms with Crippen LogP contribution in [0.25, 0.3) is 0 Å². The van der Waals surface area contributed by atoms with E-state index < -0.39 is 22.4 Å². The molecule has 0 unspecified atom stereocenters. The average Bonchev–Trinajstić information content (AvgIpc) is 2.46. The van der Waals surface area contributed by atoms with Gasteiger partial charge >= 0.3 is 11.7 Å². The van der Waals surface area contributed by atoms with Gasteiger partial charge in [-0.25, -0.2) is 14.2 Å². The zero-order chi connectivity index (χ0) is 15.6. The summed E-state index contributed by atoms with van der Waals surface area (Å²) in [4.78, 5) is 26.1. The second-order valence-corrected chi connectivity index (χ2v) is 4.14. The number of aromatic carboxylic acids is 1. The van der Waals surface area contributed by atoms with Crippen molar-refractivity contribution in [2.75, 3.05) is 11.9 Å². The number of aromatic nitrogens is 1. The highest BCUT2D eigenvalue weighted by Crippen LogP contribution is 2.32. The minimum Gasteiger partial charge on any atom is -0.478 e. The maximum Gasteiger partial charge on any atom is 0.337 e. The summed E-state index contributed by atoms with van der Waals surface area (Å²) in [5, 5.41) is 19.9. The van der Waals surface area contributed by atoms with Gasteiger partial charge in [-0.1, -0.05) is 12.1 Å². The van der Waals surface area contributed by atoms with Crippen molar-refractivity contribution in [3.05, 3.63) is 58.0 Å². The van der Waals surface area contributed by atoms with E-state index in [1.165, 1.54) is 30.1 Å². The third-order valence-corrected chi connectivity index (χ3v) is 2.82. The standard InChI is InChI=1S/C13H10FN3O4/c1-16(10-5-3-2-4-9(10)14)12-11(17(20)21)6-8(7-15-12)13(18)19/h2-7H,1H3,(H,18,19). The van der Waals surface area contributed by atoms with Crippen LogP contribution in [0.5, 0.6) is 0 Å². The first-order valence-electron chi connectivity index (χ1n) is 5.78. The first kappa shape index (κ1) is 14.4. The van der Waals surface area contributed by atoms with Crippen LogP contribution in [0.4, 0.5) is 21.6 Å². The number of hydrogen-bond donors (Lipinski definition) is 1. The monoisotopic (exact) mass is 291 g/mol. The molecule has 1 N–H and O–H groups in total. The van der Waals surface area contributed by atoms with Gasteiger partial charge in [0.15, 0.2) is 0 Å². The van der Waals surface area contributed by atoms with Gasteiger partial charge in [-0.3, -0.25) is 10.1 Å². The molecule has 0 saturated carbocycles. The van der Waals surface area contributed by atoms with Gasteiger partial charge < -0.3 is 10.0 Å². The number of halogens is 1. The van der Waals surface area contributed by atoms with E-state index in [4.69, 9.17) is 5.11 Å². The van der Waals surface area contributed by atoms with E-state index in [1.807, 2.05) is 0 Å². The van der Waals surface area contributed by atoms with Crippen molar-refractivity contribution in [2.24, 2.45) is 0 Å². The molecule has 2 aromatic rings. The highest BCUT2D eigenvalue weighted by molar-refractivity contribution is 5.89. The zero-order valence-electron chi connectivity index (χ0n) is 10.9. The number of anilines is 2. The molecule has 1 aromatic heterocycles. The second-order valence-electron chi connectivity index (χ2n) is 4.14. The molecule has 1 aromatic carbocycles. The molecule has 0 aliphatic carbocycles. The van der Waals surface area contributed by atoms with Crippen molar-refractivity contribution in [3.8, 4) is 0 Å². The molecule has 0 bridgehead atoms.